The van der Waals surface area contributed by atoms with E-state index in [1.165, 1.54) is 19.1 Å². The highest BCUT2D eigenvalue weighted by Crippen LogP contribution is 2.26. The van der Waals surface area contributed by atoms with Crippen LogP contribution >= 0.6 is 0 Å². The van der Waals surface area contributed by atoms with Crippen molar-refractivity contribution in [3.63, 3.8) is 0 Å². The Balaban J connectivity index is 1.74. The molecule has 3 rings (SSSR count). The molecule has 3 aromatic carbocycles. The molecule has 3 aromatic rings. The Morgan fingerprint density at radius 1 is 0.784 bits per heavy atom. The van der Waals surface area contributed by atoms with Gasteiger partial charge >= 0.3 is 6.18 Å². The molecule has 0 aromatic heterocycles. The average molecular weight is 714 g/mol. The number of carbonyl (C=O) groups excluding carboxylic acids is 5. The summed E-state index contributed by atoms with van der Waals surface area (Å²) in [6.07, 6.45) is -9.78. The number of ketones is 2. The third-order valence-corrected chi connectivity index (χ3v) is 8.62. The summed E-state index contributed by atoms with van der Waals surface area (Å²) in [5.74, 6) is -6.05. The summed E-state index contributed by atoms with van der Waals surface area (Å²) in [5.41, 5.74) is 7.63. The zero-order valence-electron chi connectivity index (χ0n) is 28.6. The molecule has 0 aliphatic rings. The van der Waals surface area contributed by atoms with Crippen LogP contribution in [0, 0.1) is 23.6 Å². The number of hydrogen-bond donors (Lipinski definition) is 4. The van der Waals surface area contributed by atoms with Crippen LogP contribution in [-0.2, 0) is 25.6 Å². The summed E-state index contributed by atoms with van der Waals surface area (Å²) in [6.45, 7) is 4.84. The van der Waals surface area contributed by atoms with Crippen molar-refractivity contribution in [1.82, 2.24) is 10.6 Å². The van der Waals surface area contributed by atoms with Gasteiger partial charge in [-0.05, 0) is 47.6 Å². The van der Waals surface area contributed by atoms with Crippen molar-refractivity contribution in [3.05, 3.63) is 95.8 Å². The van der Waals surface area contributed by atoms with E-state index in [0.717, 1.165) is 11.1 Å². The van der Waals surface area contributed by atoms with E-state index in [1.807, 2.05) is 0 Å². The van der Waals surface area contributed by atoms with Crippen molar-refractivity contribution in [3.8, 4) is 11.1 Å². The summed E-state index contributed by atoms with van der Waals surface area (Å²) < 4.78 is 53.1. The van der Waals surface area contributed by atoms with Gasteiger partial charge in [0.05, 0.1) is 12.1 Å². The van der Waals surface area contributed by atoms with Crippen LogP contribution in [0.5, 0.6) is 0 Å². The number of nitrogens with one attached hydrogen (secondary N) is 2. The Morgan fingerprint density at radius 2 is 1.35 bits per heavy atom. The Morgan fingerprint density at radius 3 is 1.88 bits per heavy atom. The number of amides is 3. The number of carbonyl (C=O) groups is 5. The summed E-state index contributed by atoms with van der Waals surface area (Å²) in [4.78, 5) is 64.7. The van der Waals surface area contributed by atoms with Crippen LogP contribution in [0.15, 0.2) is 78.9 Å². The Labute approximate surface area is 294 Å². The van der Waals surface area contributed by atoms with Gasteiger partial charge in [0.1, 0.15) is 5.82 Å². The van der Waals surface area contributed by atoms with Crippen LogP contribution in [0.2, 0.25) is 0 Å². The van der Waals surface area contributed by atoms with E-state index in [2.05, 4.69) is 10.6 Å². The van der Waals surface area contributed by atoms with Crippen LogP contribution < -0.4 is 16.4 Å². The van der Waals surface area contributed by atoms with Crippen LogP contribution in [0.4, 0.5) is 17.6 Å². The maximum Gasteiger partial charge on any atom is 0.416 e. The standard InChI is InChI=1S/C38H43F4N3O6/c1-22(2)29(21-32(46)27-11-9-25(10-12-27)26-13-15-28(39)16-14-26)37(51)45-31(20-24-7-5-4-6-8-24)33(47)19-23(3)36(50)44-30(17-18-34(43)48)35(49)38(40,41)42/h4-16,22-23,29-31,35,49H,17-21H2,1-3H3,(H2,43,48)(H,44,50)(H,45,51)/t23-,29+,30?,31+,35?/m1/s1. The summed E-state index contributed by atoms with van der Waals surface area (Å²) in [5, 5.41) is 14.6. The van der Waals surface area contributed by atoms with Crippen LogP contribution in [0.3, 0.4) is 0 Å². The first-order chi connectivity index (χ1) is 24.0. The second-order valence-electron chi connectivity index (χ2n) is 13.0. The van der Waals surface area contributed by atoms with Gasteiger partial charge in [-0.1, -0.05) is 87.5 Å². The van der Waals surface area contributed by atoms with Crippen molar-refractivity contribution in [1.29, 1.82) is 0 Å². The van der Waals surface area contributed by atoms with Gasteiger partial charge in [-0.3, -0.25) is 24.0 Å². The monoisotopic (exact) mass is 713 g/mol. The predicted octanol–water partition coefficient (Wildman–Crippen LogP) is 5.33. The zero-order chi connectivity index (χ0) is 37.9. The third-order valence-electron chi connectivity index (χ3n) is 8.62. The minimum absolute atomic E-state index is 0.0391. The normalized spacial score (nSPS) is 14.5. The van der Waals surface area contributed by atoms with E-state index in [9.17, 15) is 46.6 Å². The summed E-state index contributed by atoms with van der Waals surface area (Å²) >= 11 is 0. The number of primary amides is 1. The molecule has 0 aliphatic carbocycles. The predicted molar refractivity (Wildman–Crippen MR) is 182 cm³/mol. The maximum absolute atomic E-state index is 13.7. The van der Waals surface area contributed by atoms with E-state index < -0.39 is 79.0 Å². The van der Waals surface area contributed by atoms with E-state index >= 15 is 0 Å². The van der Waals surface area contributed by atoms with Crippen molar-refractivity contribution in [2.75, 3.05) is 0 Å². The minimum Gasteiger partial charge on any atom is -0.382 e. The lowest BCUT2D eigenvalue weighted by molar-refractivity contribution is -0.213. The topological polar surface area (TPSA) is 156 Å². The van der Waals surface area contributed by atoms with Gasteiger partial charge in [0.2, 0.25) is 17.7 Å². The molecule has 0 saturated carbocycles. The largest absolute Gasteiger partial charge is 0.416 e. The lowest BCUT2D eigenvalue weighted by Crippen LogP contribution is -2.52. The molecule has 0 spiro atoms. The first-order valence-electron chi connectivity index (χ1n) is 16.6. The molecule has 0 aliphatic heterocycles. The molecule has 274 valence electrons. The lowest BCUT2D eigenvalue weighted by Gasteiger charge is -2.27. The number of alkyl halides is 3. The second kappa shape index (κ2) is 18.4. The fraction of sp³-hybridized carbons (Fsp3) is 0.395. The molecule has 0 fully saturated rings. The summed E-state index contributed by atoms with van der Waals surface area (Å²) in [6, 6.07) is 18.3. The third kappa shape index (κ3) is 12.4. The number of halogens is 4. The number of Topliss-reactive ketones (excluding diaryl/α,β-unsaturated/α-hetero) is 2. The van der Waals surface area contributed by atoms with Gasteiger partial charge in [-0.15, -0.1) is 0 Å². The molecule has 0 radical (unpaired) electrons. The number of hydrogen-bond acceptors (Lipinski definition) is 6. The first kappa shape index (κ1) is 40.5. The zero-order valence-corrected chi connectivity index (χ0v) is 28.6. The molecule has 2 unspecified atom stereocenters. The van der Waals surface area contributed by atoms with Crippen molar-refractivity contribution < 1.29 is 46.6 Å². The number of nitrogens with two attached hydrogens (primary N) is 1. The van der Waals surface area contributed by atoms with Gasteiger partial charge in [-0.25, -0.2) is 4.39 Å². The van der Waals surface area contributed by atoms with E-state index in [4.69, 9.17) is 5.73 Å². The highest BCUT2D eigenvalue weighted by Gasteiger charge is 2.44. The highest BCUT2D eigenvalue weighted by molar-refractivity contribution is 6.00. The van der Waals surface area contributed by atoms with E-state index in [0.29, 0.717) is 11.1 Å². The molecule has 9 nitrogen and oxygen atoms in total. The number of aliphatic hydroxyl groups is 1. The Kier molecular flexibility index (Phi) is 14.6. The molecule has 51 heavy (non-hydrogen) atoms. The van der Waals surface area contributed by atoms with E-state index in [-0.39, 0.29) is 30.4 Å². The smallest absolute Gasteiger partial charge is 0.382 e. The molecular formula is C38H43F4N3O6. The quantitative estimate of drug-likeness (QED) is 0.103. The van der Waals surface area contributed by atoms with Gasteiger partial charge < -0.3 is 21.5 Å². The minimum atomic E-state index is -5.10. The molecule has 5 atom stereocenters. The fourth-order valence-corrected chi connectivity index (χ4v) is 5.51. The molecule has 0 bridgehead atoms. The van der Waals surface area contributed by atoms with Gasteiger partial charge in [0.25, 0.3) is 0 Å². The maximum atomic E-state index is 13.7. The second-order valence-corrected chi connectivity index (χ2v) is 13.0. The van der Waals surface area contributed by atoms with Crippen molar-refractivity contribution >= 4 is 29.3 Å². The molecule has 13 heteroatoms. The van der Waals surface area contributed by atoms with Crippen LogP contribution in [-0.4, -0.2) is 58.8 Å². The number of benzene rings is 3. The molecule has 3 amide bonds. The number of rotatable bonds is 18. The average Bonchev–Trinajstić information content (AvgIpc) is 3.08. The SMILES string of the molecule is CC(C)[C@H](CC(=O)c1ccc(-c2ccc(F)cc2)cc1)C(=O)N[C@@H](Cc1ccccc1)C(=O)C[C@@H](C)C(=O)NC(CCC(N)=O)C(O)C(F)(F)F. The fourth-order valence-electron chi connectivity index (χ4n) is 5.51. The van der Waals surface area contributed by atoms with Gasteiger partial charge in [0.15, 0.2) is 17.7 Å². The number of aliphatic hydroxyl groups excluding tert-OH is 1. The summed E-state index contributed by atoms with van der Waals surface area (Å²) in [7, 11) is 0. The lowest BCUT2D eigenvalue weighted by atomic mass is 9.87. The Hall–Kier alpha value is -4.91. The van der Waals surface area contributed by atoms with Crippen LogP contribution in [0.1, 0.15) is 62.4 Å². The van der Waals surface area contributed by atoms with Gasteiger partial charge in [0, 0.05) is 36.7 Å². The van der Waals surface area contributed by atoms with Crippen molar-refractivity contribution in [2.45, 2.75) is 77.2 Å². The van der Waals surface area contributed by atoms with Crippen molar-refractivity contribution in [2.24, 2.45) is 23.5 Å². The molecular weight excluding hydrogens is 670 g/mol. The van der Waals surface area contributed by atoms with Crippen LogP contribution in [0.25, 0.3) is 11.1 Å². The molecule has 0 heterocycles. The van der Waals surface area contributed by atoms with E-state index in [1.54, 1.807) is 80.6 Å². The molecule has 5 N–H and O–H groups in total. The first-order valence-corrected chi connectivity index (χ1v) is 16.6. The Bertz CT molecular complexity index is 1650. The highest BCUT2D eigenvalue weighted by atomic mass is 19.4. The molecule has 0 saturated heterocycles. The van der Waals surface area contributed by atoms with Gasteiger partial charge in [-0.2, -0.15) is 13.2 Å².